The molecule has 1 aliphatic heterocycles. The second-order valence-corrected chi connectivity index (χ2v) is 5.93. The van der Waals surface area contributed by atoms with E-state index in [4.69, 9.17) is 14.3 Å². The van der Waals surface area contributed by atoms with Gasteiger partial charge in [0.05, 0.1) is 0 Å². The van der Waals surface area contributed by atoms with Crippen molar-refractivity contribution in [2.24, 2.45) is 0 Å². The number of aliphatic hydroxyl groups excluding tert-OH is 1. The molecule has 1 saturated heterocycles. The van der Waals surface area contributed by atoms with E-state index in [1.165, 1.54) is 0 Å². The summed E-state index contributed by atoms with van der Waals surface area (Å²) in [5, 5.41) is 9.16. The molecule has 1 aliphatic rings. The van der Waals surface area contributed by atoms with E-state index in [0.29, 0.717) is 31.2 Å². The third-order valence-corrected chi connectivity index (χ3v) is 4.28. The Labute approximate surface area is 141 Å². The number of carbonyl (C=O) groups is 1. The number of hydrogen-bond donors (Lipinski definition) is 1. The number of ether oxygens (including phenoxy) is 1. The lowest BCUT2D eigenvalue weighted by molar-refractivity contribution is 0.0470. The van der Waals surface area contributed by atoms with E-state index in [9.17, 15) is 4.79 Å². The number of nitrogens with zero attached hydrogens (tertiary/aromatic N) is 2. The van der Waals surface area contributed by atoms with Gasteiger partial charge in [-0.2, -0.15) is 0 Å². The Kier molecular flexibility index (Phi) is 5.17. The van der Waals surface area contributed by atoms with E-state index in [-0.39, 0.29) is 24.3 Å². The van der Waals surface area contributed by atoms with Crippen LogP contribution in [0.5, 0.6) is 11.7 Å². The summed E-state index contributed by atoms with van der Waals surface area (Å²) in [6.07, 6.45) is 0.654. The highest BCUT2D eigenvalue weighted by Crippen LogP contribution is 2.24. The molecule has 3 rings (SSSR count). The Morgan fingerprint density at radius 1 is 1.25 bits per heavy atom. The first-order valence-electron chi connectivity index (χ1n) is 8.10. The molecule has 1 aromatic heterocycles. The summed E-state index contributed by atoms with van der Waals surface area (Å²) in [6, 6.07) is 12.8. The van der Waals surface area contributed by atoms with Gasteiger partial charge < -0.3 is 19.2 Å². The summed E-state index contributed by atoms with van der Waals surface area (Å²) >= 11 is 0. The summed E-state index contributed by atoms with van der Waals surface area (Å²) in [7, 11) is 2.01. The first kappa shape index (κ1) is 16.5. The van der Waals surface area contributed by atoms with Crippen LogP contribution in [0.25, 0.3) is 0 Å². The van der Waals surface area contributed by atoms with Crippen LogP contribution in [0.3, 0.4) is 0 Å². The molecule has 1 fully saturated rings. The highest BCUT2D eigenvalue weighted by atomic mass is 16.6. The Morgan fingerprint density at radius 3 is 2.79 bits per heavy atom. The predicted molar refractivity (Wildman–Crippen MR) is 89.2 cm³/mol. The van der Waals surface area contributed by atoms with Gasteiger partial charge >= 0.3 is 0 Å². The smallest absolute Gasteiger partial charge is 0.290 e. The van der Waals surface area contributed by atoms with Crippen molar-refractivity contribution in [3.63, 3.8) is 0 Å². The summed E-state index contributed by atoms with van der Waals surface area (Å²) in [6.45, 7) is 2.13. The van der Waals surface area contributed by atoms with Crippen molar-refractivity contribution in [2.75, 3.05) is 33.3 Å². The SMILES string of the molecule is CN1CCN(C(=O)c2ccc(Oc3ccccc3)o2)C[C@@H]1CCO. The molecule has 128 valence electrons. The van der Waals surface area contributed by atoms with Gasteiger partial charge in [0.15, 0.2) is 5.76 Å². The summed E-state index contributed by atoms with van der Waals surface area (Å²) in [5.41, 5.74) is 0. The topological polar surface area (TPSA) is 66.2 Å². The summed E-state index contributed by atoms with van der Waals surface area (Å²) in [4.78, 5) is 16.6. The van der Waals surface area contributed by atoms with E-state index < -0.39 is 0 Å². The fourth-order valence-corrected chi connectivity index (χ4v) is 2.84. The van der Waals surface area contributed by atoms with Gasteiger partial charge in [0.25, 0.3) is 11.9 Å². The third kappa shape index (κ3) is 3.77. The fourth-order valence-electron chi connectivity index (χ4n) is 2.84. The van der Waals surface area contributed by atoms with Gasteiger partial charge in [-0.1, -0.05) is 18.2 Å². The Morgan fingerprint density at radius 2 is 2.04 bits per heavy atom. The van der Waals surface area contributed by atoms with E-state index in [2.05, 4.69) is 4.90 Å². The Bertz CT molecular complexity index is 671. The molecule has 0 radical (unpaired) electrons. The van der Waals surface area contributed by atoms with Crippen LogP contribution in [0.4, 0.5) is 0 Å². The lowest BCUT2D eigenvalue weighted by Gasteiger charge is -2.38. The van der Waals surface area contributed by atoms with Crippen molar-refractivity contribution in [3.8, 4) is 11.7 Å². The fraction of sp³-hybridized carbons (Fsp3) is 0.389. The number of para-hydroxylation sites is 1. The number of likely N-dealkylation sites (N-methyl/N-ethyl adjacent to an activating group) is 1. The second kappa shape index (κ2) is 7.51. The van der Waals surface area contributed by atoms with Crippen LogP contribution in [0, 0.1) is 0 Å². The molecule has 0 spiro atoms. The molecule has 6 heteroatoms. The summed E-state index contributed by atoms with van der Waals surface area (Å²) in [5.74, 6) is 1.08. The Hall–Kier alpha value is -2.31. The highest BCUT2D eigenvalue weighted by Gasteiger charge is 2.29. The van der Waals surface area contributed by atoms with Gasteiger partial charge in [0, 0.05) is 38.3 Å². The maximum absolute atomic E-state index is 12.6. The molecule has 0 bridgehead atoms. The van der Waals surface area contributed by atoms with Gasteiger partial charge in [-0.3, -0.25) is 9.69 Å². The number of benzene rings is 1. The first-order chi connectivity index (χ1) is 11.7. The minimum atomic E-state index is -0.144. The highest BCUT2D eigenvalue weighted by molar-refractivity contribution is 5.91. The van der Waals surface area contributed by atoms with Crippen LogP contribution in [-0.4, -0.2) is 60.1 Å². The van der Waals surface area contributed by atoms with Crippen molar-refractivity contribution in [1.82, 2.24) is 9.80 Å². The van der Waals surface area contributed by atoms with Crippen LogP contribution in [0.15, 0.2) is 46.9 Å². The van der Waals surface area contributed by atoms with E-state index in [1.54, 1.807) is 17.0 Å². The van der Waals surface area contributed by atoms with Crippen molar-refractivity contribution in [3.05, 3.63) is 48.2 Å². The summed E-state index contributed by atoms with van der Waals surface area (Å²) < 4.78 is 11.1. The molecule has 0 saturated carbocycles. The van der Waals surface area contributed by atoms with E-state index >= 15 is 0 Å². The van der Waals surface area contributed by atoms with E-state index in [0.717, 1.165) is 6.54 Å². The van der Waals surface area contributed by atoms with Crippen molar-refractivity contribution >= 4 is 5.91 Å². The average Bonchev–Trinajstić information content (AvgIpc) is 3.06. The van der Waals surface area contributed by atoms with Gasteiger partial charge in [-0.05, 0) is 31.7 Å². The van der Waals surface area contributed by atoms with Gasteiger partial charge in [-0.25, -0.2) is 0 Å². The van der Waals surface area contributed by atoms with Gasteiger partial charge in [0.1, 0.15) is 5.75 Å². The lowest BCUT2D eigenvalue weighted by Crippen LogP contribution is -2.53. The van der Waals surface area contributed by atoms with Crippen LogP contribution in [0.1, 0.15) is 17.0 Å². The molecule has 0 aliphatic carbocycles. The number of hydrogen-bond acceptors (Lipinski definition) is 5. The minimum Gasteiger partial charge on any atom is -0.426 e. The third-order valence-electron chi connectivity index (χ3n) is 4.28. The molecule has 1 N–H and O–H groups in total. The zero-order chi connectivity index (χ0) is 16.9. The average molecular weight is 330 g/mol. The zero-order valence-electron chi connectivity index (χ0n) is 13.7. The van der Waals surface area contributed by atoms with Crippen LogP contribution in [0.2, 0.25) is 0 Å². The van der Waals surface area contributed by atoms with Crippen molar-refractivity contribution in [1.29, 1.82) is 0 Å². The number of aliphatic hydroxyl groups is 1. The quantitative estimate of drug-likeness (QED) is 0.910. The van der Waals surface area contributed by atoms with Crippen molar-refractivity contribution in [2.45, 2.75) is 12.5 Å². The molecule has 2 heterocycles. The standard InChI is InChI=1S/C18H22N2O4/c1-19-10-11-20(13-14(19)9-12-21)18(22)16-7-8-17(24-16)23-15-5-3-2-4-6-15/h2-8,14,21H,9-13H2,1H3/t14-/m0/s1. The maximum Gasteiger partial charge on any atom is 0.290 e. The maximum atomic E-state index is 12.6. The molecule has 1 aromatic carbocycles. The number of piperazine rings is 1. The molecule has 24 heavy (non-hydrogen) atoms. The molecule has 1 atom stereocenters. The van der Waals surface area contributed by atoms with Crippen molar-refractivity contribution < 1.29 is 19.1 Å². The number of carbonyl (C=O) groups excluding carboxylic acids is 1. The van der Waals surface area contributed by atoms with Crippen LogP contribution >= 0.6 is 0 Å². The largest absolute Gasteiger partial charge is 0.426 e. The molecule has 2 aromatic rings. The van der Waals surface area contributed by atoms with Crippen LogP contribution in [-0.2, 0) is 0 Å². The zero-order valence-corrected chi connectivity index (χ0v) is 13.7. The molecule has 0 unspecified atom stereocenters. The predicted octanol–water partition coefficient (Wildman–Crippen LogP) is 2.21. The normalized spacial score (nSPS) is 18.6. The second-order valence-electron chi connectivity index (χ2n) is 5.93. The Balaban J connectivity index is 1.65. The number of rotatable bonds is 5. The minimum absolute atomic E-state index is 0.118. The molecular weight excluding hydrogens is 308 g/mol. The van der Waals surface area contributed by atoms with Crippen LogP contribution < -0.4 is 4.74 Å². The lowest BCUT2D eigenvalue weighted by atomic mass is 10.1. The van der Waals surface area contributed by atoms with Gasteiger partial charge in [-0.15, -0.1) is 0 Å². The monoisotopic (exact) mass is 330 g/mol. The van der Waals surface area contributed by atoms with E-state index in [1.807, 2.05) is 37.4 Å². The number of amides is 1. The van der Waals surface area contributed by atoms with Gasteiger partial charge in [0.2, 0.25) is 0 Å². The molecule has 6 nitrogen and oxygen atoms in total. The first-order valence-corrected chi connectivity index (χ1v) is 8.10. The number of furan rings is 1. The molecular formula is C18H22N2O4. The molecule has 1 amide bonds.